The van der Waals surface area contributed by atoms with Gasteiger partial charge < -0.3 is 10.6 Å². The number of hydrogen-bond acceptors (Lipinski definition) is 6. The highest BCUT2D eigenvalue weighted by Gasteiger charge is 2.23. The minimum absolute atomic E-state index is 0.0387. The largest absolute Gasteiger partial charge is 0.338 e. The molecule has 8 heteroatoms. The minimum atomic E-state index is -0.417. The fraction of sp³-hybridized carbons (Fsp3) is 0.385. The van der Waals surface area contributed by atoms with Crippen molar-refractivity contribution < 1.29 is 4.92 Å². The van der Waals surface area contributed by atoms with Crippen LogP contribution >= 0.6 is 0 Å². The number of benzene rings is 1. The van der Waals surface area contributed by atoms with Crippen LogP contribution in [0.1, 0.15) is 12.0 Å². The van der Waals surface area contributed by atoms with E-state index in [0.717, 1.165) is 25.1 Å². The van der Waals surface area contributed by atoms with Gasteiger partial charge in [-0.15, -0.1) is 5.10 Å². The van der Waals surface area contributed by atoms with Crippen molar-refractivity contribution in [1.29, 1.82) is 0 Å². The summed E-state index contributed by atoms with van der Waals surface area (Å²) in [7, 11) is 0. The molecule has 2 aromatic rings. The monoisotopic (exact) mass is 288 g/mol. The lowest BCUT2D eigenvalue weighted by molar-refractivity contribution is -0.384. The average molecular weight is 288 g/mol. The number of rotatable bonds is 3. The molecule has 21 heavy (non-hydrogen) atoms. The first-order chi connectivity index (χ1) is 10.0. The molecule has 1 aromatic carbocycles. The van der Waals surface area contributed by atoms with Gasteiger partial charge in [0.2, 0.25) is 5.95 Å². The molecule has 0 spiro atoms. The molecule has 8 nitrogen and oxygen atoms in total. The molecule has 0 saturated carbocycles. The fourth-order valence-corrected chi connectivity index (χ4v) is 2.46. The molecular weight excluding hydrogens is 272 g/mol. The molecule has 0 bridgehead atoms. The number of anilines is 1. The van der Waals surface area contributed by atoms with Crippen molar-refractivity contribution in [2.45, 2.75) is 19.4 Å². The summed E-state index contributed by atoms with van der Waals surface area (Å²) >= 11 is 0. The zero-order valence-corrected chi connectivity index (χ0v) is 11.6. The topological polar surface area (TPSA) is 114 Å². The van der Waals surface area contributed by atoms with Crippen LogP contribution in [0.4, 0.5) is 11.6 Å². The molecule has 2 heterocycles. The van der Waals surface area contributed by atoms with E-state index in [1.807, 2.05) is 11.8 Å². The normalized spacial score (nSPS) is 18.2. The molecule has 1 fully saturated rings. The maximum absolute atomic E-state index is 10.9. The molecular formula is C13H16N6O2. The number of non-ortho nitro benzene ring substituents is 1. The third-order valence-corrected chi connectivity index (χ3v) is 3.67. The molecule has 1 atom stereocenters. The Balaban J connectivity index is 1.92. The third-order valence-electron chi connectivity index (χ3n) is 3.67. The van der Waals surface area contributed by atoms with Crippen LogP contribution in [0.3, 0.4) is 0 Å². The van der Waals surface area contributed by atoms with Crippen LogP contribution in [0.25, 0.3) is 11.4 Å². The van der Waals surface area contributed by atoms with E-state index >= 15 is 0 Å². The predicted octanol–water partition coefficient (Wildman–Crippen LogP) is 1.23. The maximum atomic E-state index is 10.9. The number of aryl methyl sites for hydroxylation is 1. The molecule has 1 aliphatic heterocycles. The van der Waals surface area contributed by atoms with Crippen molar-refractivity contribution in [3.63, 3.8) is 0 Å². The van der Waals surface area contributed by atoms with Crippen LogP contribution in [-0.4, -0.2) is 39.2 Å². The number of H-pyrrole nitrogens is 1. The zero-order valence-electron chi connectivity index (χ0n) is 11.6. The van der Waals surface area contributed by atoms with Gasteiger partial charge >= 0.3 is 0 Å². The van der Waals surface area contributed by atoms with E-state index < -0.39 is 4.92 Å². The highest BCUT2D eigenvalue weighted by Crippen LogP contribution is 2.26. The second-order valence-corrected chi connectivity index (χ2v) is 5.24. The van der Waals surface area contributed by atoms with Crippen LogP contribution in [0.5, 0.6) is 0 Å². The first kappa shape index (κ1) is 13.5. The predicted molar refractivity (Wildman–Crippen MR) is 78.0 cm³/mol. The van der Waals surface area contributed by atoms with Crippen LogP contribution in [0.2, 0.25) is 0 Å². The number of hydrogen-bond donors (Lipinski definition) is 2. The minimum Gasteiger partial charge on any atom is -0.338 e. The van der Waals surface area contributed by atoms with E-state index in [4.69, 9.17) is 5.73 Å². The Morgan fingerprint density at radius 3 is 3.00 bits per heavy atom. The Kier molecular flexibility index (Phi) is 3.30. The van der Waals surface area contributed by atoms with Gasteiger partial charge in [0.15, 0.2) is 5.82 Å². The zero-order chi connectivity index (χ0) is 15.0. The van der Waals surface area contributed by atoms with Gasteiger partial charge in [0.05, 0.1) is 4.92 Å². The second kappa shape index (κ2) is 5.13. The first-order valence-corrected chi connectivity index (χ1v) is 6.73. The van der Waals surface area contributed by atoms with Gasteiger partial charge in [-0.05, 0) is 18.9 Å². The first-order valence-electron chi connectivity index (χ1n) is 6.73. The molecule has 1 saturated heterocycles. The Morgan fingerprint density at radius 2 is 2.33 bits per heavy atom. The van der Waals surface area contributed by atoms with Gasteiger partial charge in [-0.25, -0.2) is 0 Å². The van der Waals surface area contributed by atoms with Crippen molar-refractivity contribution >= 4 is 11.6 Å². The molecule has 1 unspecified atom stereocenters. The SMILES string of the molecule is Cc1ccc([N+](=O)[O-])cc1-c1nc(N2CCC(N)C2)n[nH]1. The van der Waals surface area contributed by atoms with Crippen molar-refractivity contribution in [1.82, 2.24) is 15.2 Å². The van der Waals surface area contributed by atoms with Gasteiger partial charge in [0.1, 0.15) is 0 Å². The molecule has 1 aromatic heterocycles. The van der Waals surface area contributed by atoms with E-state index in [1.165, 1.54) is 12.1 Å². The summed E-state index contributed by atoms with van der Waals surface area (Å²) in [4.78, 5) is 16.9. The highest BCUT2D eigenvalue weighted by molar-refractivity contribution is 5.64. The van der Waals surface area contributed by atoms with E-state index in [-0.39, 0.29) is 11.7 Å². The summed E-state index contributed by atoms with van der Waals surface area (Å²) in [5.41, 5.74) is 7.50. The van der Waals surface area contributed by atoms with Gasteiger partial charge in [-0.3, -0.25) is 15.2 Å². The molecule has 0 amide bonds. The van der Waals surface area contributed by atoms with Gasteiger partial charge in [-0.2, -0.15) is 4.98 Å². The van der Waals surface area contributed by atoms with E-state index in [9.17, 15) is 10.1 Å². The Morgan fingerprint density at radius 1 is 1.52 bits per heavy atom. The van der Waals surface area contributed by atoms with Crippen LogP contribution in [0.15, 0.2) is 18.2 Å². The Bertz CT molecular complexity index is 683. The van der Waals surface area contributed by atoms with Crippen LogP contribution < -0.4 is 10.6 Å². The summed E-state index contributed by atoms with van der Waals surface area (Å²) < 4.78 is 0. The van der Waals surface area contributed by atoms with Crippen molar-refractivity contribution in [3.8, 4) is 11.4 Å². The van der Waals surface area contributed by atoms with Crippen molar-refractivity contribution in [2.75, 3.05) is 18.0 Å². The highest BCUT2D eigenvalue weighted by atomic mass is 16.6. The number of nitrogens with one attached hydrogen (secondary N) is 1. The van der Waals surface area contributed by atoms with Gasteiger partial charge in [-0.1, -0.05) is 6.07 Å². The molecule has 3 N–H and O–H groups in total. The number of aromatic amines is 1. The second-order valence-electron chi connectivity index (χ2n) is 5.24. The molecule has 0 aliphatic carbocycles. The summed E-state index contributed by atoms with van der Waals surface area (Å²) in [6.45, 7) is 3.44. The van der Waals surface area contributed by atoms with Gasteiger partial charge in [0, 0.05) is 36.8 Å². The Hall–Kier alpha value is -2.48. The third kappa shape index (κ3) is 2.57. The van der Waals surface area contributed by atoms with Crippen LogP contribution in [-0.2, 0) is 0 Å². The lowest BCUT2D eigenvalue weighted by Gasteiger charge is -2.11. The summed E-state index contributed by atoms with van der Waals surface area (Å²) in [5.74, 6) is 1.12. The van der Waals surface area contributed by atoms with Crippen molar-refractivity contribution in [2.24, 2.45) is 5.73 Å². The van der Waals surface area contributed by atoms with Crippen LogP contribution in [0, 0.1) is 17.0 Å². The number of nitrogens with zero attached hydrogens (tertiary/aromatic N) is 4. The number of nitrogens with two attached hydrogens (primary N) is 1. The van der Waals surface area contributed by atoms with E-state index in [1.54, 1.807) is 6.07 Å². The number of nitro benzene ring substituents is 1. The standard InChI is InChI=1S/C13H16N6O2/c1-8-2-3-10(19(20)21)6-11(8)12-15-13(17-16-12)18-5-4-9(14)7-18/h2-3,6,9H,4-5,7,14H2,1H3,(H,15,16,17). The van der Waals surface area contributed by atoms with Gasteiger partial charge in [0.25, 0.3) is 5.69 Å². The molecule has 3 rings (SSSR count). The molecule has 0 radical (unpaired) electrons. The number of nitro groups is 1. The Labute approximate surface area is 121 Å². The van der Waals surface area contributed by atoms with E-state index in [0.29, 0.717) is 17.3 Å². The molecule has 1 aliphatic rings. The summed E-state index contributed by atoms with van der Waals surface area (Å²) in [6.07, 6.45) is 0.916. The van der Waals surface area contributed by atoms with Crippen molar-refractivity contribution in [3.05, 3.63) is 33.9 Å². The fourth-order valence-electron chi connectivity index (χ4n) is 2.46. The maximum Gasteiger partial charge on any atom is 0.270 e. The summed E-state index contributed by atoms with van der Waals surface area (Å²) in [5, 5.41) is 17.9. The smallest absolute Gasteiger partial charge is 0.270 e. The van der Waals surface area contributed by atoms with E-state index in [2.05, 4.69) is 15.2 Å². The quantitative estimate of drug-likeness (QED) is 0.648. The number of aromatic nitrogens is 3. The summed E-state index contributed by atoms with van der Waals surface area (Å²) in [6, 6.07) is 4.85. The average Bonchev–Trinajstić information content (AvgIpc) is 3.07. The molecule has 110 valence electrons. The lowest BCUT2D eigenvalue weighted by Crippen LogP contribution is -2.26. The lowest BCUT2D eigenvalue weighted by atomic mass is 10.1.